The van der Waals surface area contributed by atoms with Gasteiger partial charge < -0.3 is 9.13 Å². The second-order valence-corrected chi connectivity index (χ2v) is 10.2. The van der Waals surface area contributed by atoms with Gasteiger partial charge in [0.1, 0.15) is 6.07 Å². The smallest absolute Gasteiger partial charge is 0.308 e. The van der Waals surface area contributed by atoms with Gasteiger partial charge in [0.25, 0.3) is 0 Å². The van der Waals surface area contributed by atoms with Gasteiger partial charge in [-0.3, -0.25) is 0 Å². The van der Waals surface area contributed by atoms with Crippen molar-refractivity contribution in [2.24, 2.45) is 0 Å². The summed E-state index contributed by atoms with van der Waals surface area (Å²) >= 11 is 0. The van der Waals surface area contributed by atoms with Crippen LogP contribution in [-0.2, 0) is 12.4 Å². The second kappa shape index (κ2) is 9.38. The van der Waals surface area contributed by atoms with Crippen molar-refractivity contribution in [3.05, 3.63) is 119 Å². The maximum Gasteiger partial charge on any atom is 0.418 e. The fraction of sp³-hybridized carbons (Fsp3) is 0.0588. The van der Waals surface area contributed by atoms with E-state index in [1.54, 1.807) is 54.6 Å². The first-order valence-electron chi connectivity index (χ1n) is 13.2. The molecule has 0 fully saturated rings. The lowest BCUT2D eigenvalue weighted by atomic mass is 10.1. The van der Waals surface area contributed by atoms with Crippen LogP contribution in [0.3, 0.4) is 0 Å². The molecule has 0 aliphatic heterocycles. The molecule has 5 aromatic carbocycles. The van der Waals surface area contributed by atoms with E-state index in [9.17, 15) is 36.9 Å². The molecular formula is C34H16F6N4. The average molecular weight is 595 g/mol. The number of hydrogen-bond acceptors (Lipinski definition) is 2. The summed E-state index contributed by atoms with van der Waals surface area (Å²) in [6, 6.07) is 28.0. The lowest BCUT2D eigenvalue weighted by Crippen LogP contribution is -2.14. The van der Waals surface area contributed by atoms with Gasteiger partial charge in [0.15, 0.2) is 0 Å². The molecule has 7 rings (SSSR count). The topological polar surface area (TPSA) is 57.4 Å². The van der Waals surface area contributed by atoms with Crippen LogP contribution in [0.4, 0.5) is 26.3 Å². The maximum atomic E-state index is 14.5. The van der Waals surface area contributed by atoms with Crippen LogP contribution in [0.1, 0.15) is 22.3 Å². The Morgan fingerprint density at radius 2 is 1.20 bits per heavy atom. The molecule has 4 nitrogen and oxygen atoms in total. The number of benzene rings is 5. The number of nitriles is 2. The second-order valence-electron chi connectivity index (χ2n) is 10.2. The number of halogens is 6. The van der Waals surface area contributed by atoms with Gasteiger partial charge in [-0.15, -0.1) is 0 Å². The normalized spacial score (nSPS) is 12.3. The minimum absolute atomic E-state index is 0.148. The van der Waals surface area contributed by atoms with Gasteiger partial charge >= 0.3 is 12.4 Å². The van der Waals surface area contributed by atoms with Crippen LogP contribution >= 0.6 is 0 Å². The molecule has 2 aromatic heterocycles. The number of fused-ring (bicyclic) bond motifs is 7. The van der Waals surface area contributed by atoms with Gasteiger partial charge in [0.2, 0.25) is 0 Å². The highest BCUT2D eigenvalue weighted by Crippen LogP contribution is 2.45. The number of nitrogens with zero attached hydrogens (tertiary/aromatic N) is 4. The first-order chi connectivity index (χ1) is 21.0. The highest BCUT2D eigenvalue weighted by atomic mass is 19.4. The van der Waals surface area contributed by atoms with Gasteiger partial charge in [-0.1, -0.05) is 42.5 Å². The molecule has 214 valence electrons. The van der Waals surface area contributed by atoms with Gasteiger partial charge in [0.05, 0.1) is 61.8 Å². The van der Waals surface area contributed by atoms with E-state index in [0.29, 0.717) is 55.4 Å². The van der Waals surface area contributed by atoms with E-state index in [4.69, 9.17) is 0 Å². The molecule has 0 N–H and O–H groups in total. The molecule has 0 saturated carbocycles. The van der Waals surface area contributed by atoms with Crippen LogP contribution in [0, 0.1) is 22.7 Å². The number of hydrogen-bond donors (Lipinski definition) is 0. The molecule has 0 radical (unpaired) electrons. The Kier molecular flexibility index (Phi) is 5.78. The van der Waals surface area contributed by atoms with Crippen LogP contribution < -0.4 is 0 Å². The van der Waals surface area contributed by atoms with E-state index in [1.165, 1.54) is 10.6 Å². The molecule has 0 aliphatic rings. The SMILES string of the molecule is N#Cc1ccc(-n2c3ccccc3c3c2ccc2c4ccccc4n(-c4ccc(C(F)(F)F)cc4C(F)(F)F)c23)c(C#N)c1. The van der Waals surface area contributed by atoms with Gasteiger partial charge in [0, 0.05) is 21.5 Å². The molecule has 10 heteroatoms. The third kappa shape index (κ3) is 3.92. The maximum absolute atomic E-state index is 14.5. The van der Waals surface area contributed by atoms with Crippen molar-refractivity contribution in [3.63, 3.8) is 0 Å². The number of alkyl halides is 6. The highest BCUT2D eigenvalue weighted by Gasteiger charge is 2.39. The Bertz CT molecular complexity index is 2390. The van der Waals surface area contributed by atoms with Crippen molar-refractivity contribution in [1.29, 1.82) is 10.5 Å². The van der Waals surface area contributed by atoms with Crippen LogP contribution in [0.15, 0.2) is 97.1 Å². The number of para-hydroxylation sites is 2. The Hall–Kier alpha value is -5.74. The Balaban J connectivity index is 1.70. The minimum atomic E-state index is -5.10. The van der Waals surface area contributed by atoms with Crippen molar-refractivity contribution in [1.82, 2.24) is 9.13 Å². The summed E-state index contributed by atoms with van der Waals surface area (Å²) in [7, 11) is 0. The molecule has 44 heavy (non-hydrogen) atoms. The van der Waals surface area contributed by atoms with E-state index >= 15 is 0 Å². The summed E-state index contributed by atoms with van der Waals surface area (Å²) in [4.78, 5) is 0. The predicted molar refractivity (Wildman–Crippen MR) is 155 cm³/mol. The first kappa shape index (κ1) is 27.1. The fourth-order valence-corrected chi connectivity index (χ4v) is 6.04. The summed E-state index contributed by atoms with van der Waals surface area (Å²) in [5.41, 5.74) is -0.340. The third-order valence-electron chi connectivity index (χ3n) is 7.83. The summed E-state index contributed by atoms with van der Waals surface area (Å²) in [6.45, 7) is 0. The van der Waals surface area contributed by atoms with Crippen LogP contribution in [-0.4, -0.2) is 9.13 Å². The predicted octanol–water partition coefficient (Wildman–Crippen LogP) is 9.66. The van der Waals surface area contributed by atoms with E-state index in [2.05, 4.69) is 6.07 Å². The highest BCUT2D eigenvalue weighted by molar-refractivity contribution is 6.26. The molecular weight excluding hydrogens is 578 g/mol. The zero-order chi connectivity index (χ0) is 31.0. The zero-order valence-electron chi connectivity index (χ0n) is 22.3. The minimum Gasteiger partial charge on any atom is -0.308 e. The molecule has 0 spiro atoms. The van der Waals surface area contributed by atoms with Gasteiger partial charge in [-0.05, 0) is 54.6 Å². The van der Waals surface area contributed by atoms with E-state index < -0.39 is 29.2 Å². The van der Waals surface area contributed by atoms with E-state index in [-0.39, 0.29) is 17.2 Å². The summed E-state index contributed by atoms with van der Waals surface area (Å²) in [6.07, 6.45) is -10.1. The Labute approximate surface area is 244 Å². The van der Waals surface area contributed by atoms with Crippen molar-refractivity contribution in [2.45, 2.75) is 12.4 Å². The molecule has 0 aliphatic carbocycles. The quantitative estimate of drug-likeness (QED) is 0.187. The molecule has 0 amide bonds. The van der Waals surface area contributed by atoms with Crippen molar-refractivity contribution in [3.8, 4) is 23.5 Å². The Morgan fingerprint density at radius 3 is 1.86 bits per heavy atom. The standard InChI is InChI=1S/C34H16F6N4/c35-33(36,37)21-10-13-29(25(16-21)34(38,39)40)44-27-7-3-1-5-22(27)23-11-14-30-31(32(23)44)24-6-2-4-8-28(24)43(30)26-12-9-19(17-41)15-20(26)18-42/h1-16H. The van der Waals surface area contributed by atoms with Crippen molar-refractivity contribution < 1.29 is 26.3 Å². The van der Waals surface area contributed by atoms with Crippen molar-refractivity contribution >= 4 is 43.6 Å². The summed E-state index contributed by atoms with van der Waals surface area (Å²) in [5, 5.41) is 21.8. The summed E-state index contributed by atoms with van der Waals surface area (Å²) in [5.74, 6) is 0. The Morgan fingerprint density at radius 1 is 0.545 bits per heavy atom. The first-order valence-corrected chi connectivity index (χ1v) is 13.2. The molecule has 0 atom stereocenters. The van der Waals surface area contributed by atoms with Crippen LogP contribution in [0.2, 0.25) is 0 Å². The van der Waals surface area contributed by atoms with Crippen molar-refractivity contribution in [2.75, 3.05) is 0 Å². The van der Waals surface area contributed by atoms with Crippen LogP contribution in [0.5, 0.6) is 0 Å². The van der Waals surface area contributed by atoms with Gasteiger partial charge in [-0.25, -0.2) is 0 Å². The largest absolute Gasteiger partial charge is 0.418 e. The lowest BCUT2D eigenvalue weighted by molar-refractivity contribution is -0.142. The number of rotatable bonds is 2. The number of aromatic nitrogens is 2. The zero-order valence-corrected chi connectivity index (χ0v) is 22.3. The monoisotopic (exact) mass is 594 g/mol. The fourth-order valence-electron chi connectivity index (χ4n) is 6.04. The van der Waals surface area contributed by atoms with Gasteiger partial charge in [-0.2, -0.15) is 36.9 Å². The molecule has 0 bridgehead atoms. The molecule has 0 unspecified atom stereocenters. The molecule has 0 saturated heterocycles. The molecule has 2 heterocycles. The lowest BCUT2D eigenvalue weighted by Gasteiger charge is -2.18. The third-order valence-corrected chi connectivity index (χ3v) is 7.83. The average Bonchev–Trinajstić information content (AvgIpc) is 3.52. The van der Waals surface area contributed by atoms with E-state index in [1.807, 2.05) is 28.8 Å². The van der Waals surface area contributed by atoms with Crippen LogP contribution in [0.25, 0.3) is 55.0 Å². The molecule has 7 aromatic rings. The summed E-state index contributed by atoms with van der Waals surface area (Å²) < 4.78 is 87.4. The van der Waals surface area contributed by atoms with E-state index in [0.717, 1.165) is 6.07 Å².